The third kappa shape index (κ3) is 2.64. The van der Waals surface area contributed by atoms with Crippen LogP contribution in [0.4, 0.5) is 0 Å². The van der Waals surface area contributed by atoms with Gasteiger partial charge in [-0.25, -0.2) is 0 Å². The molecule has 0 aliphatic heterocycles. The van der Waals surface area contributed by atoms with Crippen LogP contribution in [0.15, 0.2) is 65.8 Å². The highest BCUT2D eigenvalue weighted by Gasteiger charge is 2.18. The molecule has 4 nitrogen and oxygen atoms in total. The number of rotatable bonds is 4. The monoisotopic (exact) mass is 297 g/mol. The molecule has 106 valence electrons. The first-order valence-corrected chi connectivity index (χ1v) is 8.07. The van der Waals surface area contributed by atoms with Crippen LogP contribution in [0.1, 0.15) is 6.92 Å². The molecule has 0 fully saturated rings. The van der Waals surface area contributed by atoms with E-state index in [0.29, 0.717) is 16.7 Å². The molecule has 1 heterocycles. The molecule has 0 bridgehead atoms. The van der Waals surface area contributed by atoms with Crippen molar-refractivity contribution in [3.63, 3.8) is 0 Å². The molecular formula is C16H15N3OS. The van der Waals surface area contributed by atoms with E-state index in [-0.39, 0.29) is 0 Å². The lowest BCUT2D eigenvalue weighted by Gasteiger charge is -2.09. The Balaban J connectivity index is 2.23. The second kappa shape index (κ2) is 6.01. The third-order valence-corrected chi connectivity index (χ3v) is 4.34. The van der Waals surface area contributed by atoms with Gasteiger partial charge in [-0.05, 0) is 12.1 Å². The number of hydrogen-bond acceptors (Lipinski definition) is 3. The lowest BCUT2D eigenvalue weighted by atomic mass is 10.2. The van der Waals surface area contributed by atoms with E-state index in [1.807, 2.05) is 72.2 Å². The van der Waals surface area contributed by atoms with Gasteiger partial charge in [-0.3, -0.25) is 8.78 Å². The lowest BCUT2D eigenvalue weighted by molar-refractivity contribution is 0.672. The van der Waals surface area contributed by atoms with Crippen LogP contribution in [0.2, 0.25) is 0 Å². The van der Waals surface area contributed by atoms with E-state index in [4.69, 9.17) is 0 Å². The van der Waals surface area contributed by atoms with Crippen molar-refractivity contribution < 1.29 is 4.21 Å². The Morgan fingerprint density at radius 1 is 0.952 bits per heavy atom. The van der Waals surface area contributed by atoms with Crippen molar-refractivity contribution in [1.29, 1.82) is 0 Å². The average molecular weight is 297 g/mol. The number of hydrogen-bond donors (Lipinski definition) is 0. The Morgan fingerprint density at radius 2 is 1.57 bits per heavy atom. The minimum absolute atomic E-state index is 0.488. The molecular weight excluding hydrogens is 282 g/mol. The first-order chi connectivity index (χ1) is 10.3. The van der Waals surface area contributed by atoms with Gasteiger partial charge in [-0.15, -0.1) is 10.2 Å². The number of benzene rings is 2. The Morgan fingerprint density at radius 3 is 2.19 bits per heavy atom. The van der Waals surface area contributed by atoms with E-state index >= 15 is 0 Å². The summed E-state index contributed by atoms with van der Waals surface area (Å²) >= 11 is 0. The van der Waals surface area contributed by atoms with Gasteiger partial charge in [-0.2, -0.15) is 0 Å². The molecule has 0 aliphatic carbocycles. The summed E-state index contributed by atoms with van der Waals surface area (Å²) < 4.78 is 14.1. The van der Waals surface area contributed by atoms with Crippen LogP contribution in [0.3, 0.4) is 0 Å². The molecule has 1 atom stereocenters. The molecule has 0 N–H and O–H groups in total. The van der Waals surface area contributed by atoms with Crippen molar-refractivity contribution in [2.24, 2.45) is 0 Å². The smallest absolute Gasteiger partial charge is 0.226 e. The van der Waals surface area contributed by atoms with Crippen LogP contribution >= 0.6 is 0 Å². The summed E-state index contributed by atoms with van der Waals surface area (Å²) in [5.41, 5.74) is 1.87. The Bertz CT molecular complexity index is 754. The van der Waals surface area contributed by atoms with Crippen LogP contribution in [0.25, 0.3) is 17.1 Å². The van der Waals surface area contributed by atoms with Gasteiger partial charge in [0.15, 0.2) is 5.82 Å². The van der Waals surface area contributed by atoms with E-state index < -0.39 is 10.8 Å². The van der Waals surface area contributed by atoms with E-state index in [1.54, 1.807) is 0 Å². The van der Waals surface area contributed by atoms with E-state index in [1.165, 1.54) is 0 Å². The standard InChI is InChI=1S/C16H15N3OS/c1-2-21(20)16-18-17-15(13-9-5-3-6-10-13)19(16)14-11-7-4-8-12-14/h3-12H,2H2,1H3. The van der Waals surface area contributed by atoms with Crippen molar-refractivity contribution in [3.05, 3.63) is 60.7 Å². The van der Waals surface area contributed by atoms with Crippen LogP contribution in [-0.4, -0.2) is 24.7 Å². The van der Waals surface area contributed by atoms with Crippen molar-refractivity contribution >= 4 is 10.8 Å². The van der Waals surface area contributed by atoms with Gasteiger partial charge in [0.1, 0.15) is 0 Å². The molecule has 0 aliphatic rings. The van der Waals surface area contributed by atoms with Crippen molar-refractivity contribution in [2.45, 2.75) is 12.1 Å². The SMILES string of the molecule is CCS(=O)c1nnc(-c2ccccc2)n1-c1ccccc1. The van der Waals surface area contributed by atoms with Crippen LogP contribution < -0.4 is 0 Å². The molecule has 5 heteroatoms. The average Bonchev–Trinajstić information content (AvgIpc) is 3.00. The third-order valence-electron chi connectivity index (χ3n) is 3.15. The summed E-state index contributed by atoms with van der Waals surface area (Å²) in [6, 6.07) is 19.6. The largest absolute Gasteiger partial charge is 0.268 e. The fourth-order valence-electron chi connectivity index (χ4n) is 2.13. The highest BCUT2D eigenvalue weighted by atomic mass is 32.2. The first kappa shape index (κ1) is 13.7. The van der Waals surface area contributed by atoms with Crippen LogP contribution in [-0.2, 0) is 10.8 Å². The maximum absolute atomic E-state index is 12.2. The van der Waals surface area contributed by atoms with Gasteiger partial charge in [0.25, 0.3) is 0 Å². The van der Waals surface area contributed by atoms with Gasteiger partial charge in [0, 0.05) is 17.0 Å². The zero-order valence-electron chi connectivity index (χ0n) is 11.6. The van der Waals surface area contributed by atoms with Crippen molar-refractivity contribution in [2.75, 3.05) is 5.75 Å². The van der Waals surface area contributed by atoms with E-state index in [0.717, 1.165) is 11.3 Å². The summed E-state index contributed by atoms with van der Waals surface area (Å²) in [6.45, 7) is 1.88. The Hall–Kier alpha value is -2.27. The summed E-state index contributed by atoms with van der Waals surface area (Å²) in [5, 5.41) is 8.89. The Kier molecular flexibility index (Phi) is 3.92. The fourth-order valence-corrected chi connectivity index (χ4v) is 2.92. The minimum atomic E-state index is -1.17. The first-order valence-electron chi connectivity index (χ1n) is 6.76. The van der Waals surface area contributed by atoms with Gasteiger partial charge >= 0.3 is 0 Å². The molecule has 1 unspecified atom stereocenters. The quantitative estimate of drug-likeness (QED) is 0.743. The highest BCUT2D eigenvalue weighted by Crippen LogP contribution is 2.24. The topological polar surface area (TPSA) is 47.8 Å². The highest BCUT2D eigenvalue weighted by molar-refractivity contribution is 7.84. The predicted octanol–water partition coefficient (Wildman–Crippen LogP) is 3.06. The number of nitrogens with zero attached hydrogens (tertiary/aromatic N) is 3. The second-order valence-electron chi connectivity index (χ2n) is 4.48. The molecule has 3 aromatic rings. The molecule has 0 saturated carbocycles. The summed E-state index contributed by atoms with van der Waals surface area (Å²) in [4.78, 5) is 0. The molecule has 2 aromatic carbocycles. The zero-order valence-corrected chi connectivity index (χ0v) is 12.5. The van der Waals surface area contributed by atoms with E-state index in [9.17, 15) is 4.21 Å². The normalized spacial score (nSPS) is 12.2. The molecule has 0 radical (unpaired) electrons. The maximum atomic E-state index is 12.2. The second-order valence-corrected chi connectivity index (χ2v) is 6.11. The molecule has 0 amide bonds. The lowest BCUT2D eigenvalue weighted by Crippen LogP contribution is -2.06. The molecule has 1 aromatic heterocycles. The van der Waals surface area contributed by atoms with Gasteiger partial charge < -0.3 is 0 Å². The van der Waals surface area contributed by atoms with Crippen LogP contribution in [0.5, 0.6) is 0 Å². The summed E-state index contributed by atoms with van der Waals surface area (Å²) in [6.07, 6.45) is 0. The van der Waals surface area contributed by atoms with Crippen LogP contribution in [0, 0.1) is 0 Å². The molecule has 0 spiro atoms. The minimum Gasteiger partial charge on any atom is -0.268 e. The zero-order chi connectivity index (χ0) is 14.7. The van der Waals surface area contributed by atoms with Gasteiger partial charge in [-0.1, -0.05) is 55.5 Å². The fraction of sp³-hybridized carbons (Fsp3) is 0.125. The number of aromatic nitrogens is 3. The molecule has 21 heavy (non-hydrogen) atoms. The van der Waals surface area contributed by atoms with Gasteiger partial charge in [0.05, 0.1) is 10.8 Å². The predicted molar refractivity (Wildman–Crippen MR) is 83.7 cm³/mol. The molecule has 3 rings (SSSR count). The molecule has 0 saturated heterocycles. The number of para-hydroxylation sites is 1. The summed E-state index contributed by atoms with van der Waals surface area (Å²) in [7, 11) is -1.17. The Labute approximate surface area is 125 Å². The van der Waals surface area contributed by atoms with Crippen molar-refractivity contribution in [3.8, 4) is 17.1 Å². The summed E-state index contributed by atoms with van der Waals surface area (Å²) in [5.74, 6) is 1.22. The van der Waals surface area contributed by atoms with E-state index in [2.05, 4.69) is 10.2 Å². The van der Waals surface area contributed by atoms with Crippen molar-refractivity contribution in [1.82, 2.24) is 14.8 Å². The maximum Gasteiger partial charge on any atom is 0.226 e. The van der Waals surface area contributed by atoms with Gasteiger partial charge in [0.2, 0.25) is 5.16 Å².